The predicted octanol–water partition coefficient (Wildman–Crippen LogP) is 2.62. The molecule has 0 bridgehead atoms. The van der Waals surface area contributed by atoms with Crippen LogP contribution in [0.4, 0.5) is 0 Å². The number of nitrogens with zero attached hydrogens (tertiary/aromatic N) is 1. The van der Waals surface area contributed by atoms with E-state index in [0.717, 1.165) is 26.3 Å². The summed E-state index contributed by atoms with van der Waals surface area (Å²) < 4.78 is 11.6. The molecule has 98 valence electrons. The lowest BCUT2D eigenvalue weighted by atomic mass is 10.5. The summed E-state index contributed by atoms with van der Waals surface area (Å²) in [6.45, 7) is 17.0. The lowest BCUT2D eigenvalue weighted by Gasteiger charge is -2.23. The van der Waals surface area contributed by atoms with Crippen LogP contribution in [0.2, 0.25) is 39.3 Å². The van der Waals surface area contributed by atoms with Gasteiger partial charge in [0.1, 0.15) is 0 Å². The third-order valence-corrected chi connectivity index (χ3v) is 4.16. The van der Waals surface area contributed by atoms with Crippen LogP contribution in [0.5, 0.6) is 0 Å². The van der Waals surface area contributed by atoms with Crippen molar-refractivity contribution >= 4 is 16.6 Å². The predicted molar refractivity (Wildman–Crippen MR) is 76.1 cm³/mol. The standard InChI is InChI=1S/C11H29NO2Si2/c1-12(8-10-13-15(2,3)4)9-11-14-16(5,6)7/h8-11H2,1-7H3. The van der Waals surface area contributed by atoms with Gasteiger partial charge in [-0.05, 0) is 46.3 Å². The Labute approximate surface area is 103 Å². The highest BCUT2D eigenvalue weighted by molar-refractivity contribution is 6.70. The lowest BCUT2D eigenvalue weighted by Crippen LogP contribution is -2.34. The van der Waals surface area contributed by atoms with Crippen LogP contribution in [-0.2, 0) is 8.85 Å². The second kappa shape index (κ2) is 6.91. The topological polar surface area (TPSA) is 21.7 Å². The van der Waals surface area contributed by atoms with Gasteiger partial charge in [0, 0.05) is 26.3 Å². The molecule has 0 aromatic carbocycles. The van der Waals surface area contributed by atoms with Gasteiger partial charge < -0.3 is 13.8 Å². The van der Waals surface area contributed by atoms with Gasteiger partial charge in [-0.25, -0.2) is 0 Å². The van der Waals surface area contributed by atoms with Crippen molar-refractivity contribution in [2.75, 3.05) is 33.4 Å². The molecule has 0 rings (SSSR count). The number of hydrogen-bond donors (Lipinski definition) is 0. The van der Waals surface area contributed by atoms with Crippen molar-refractivity contribution < 1.29 is 8.85 Å². The zero-order valence-corrected chi connectivity index (χ0v) is 14.1. The fourth-order valence-electron chi connectivity index (χ4n) is 1.13. The van der Waals surface area contributed by atoms with E-state index < -0.39 is 16.6 Å². The third-order valence-electron chi connectivity index (χ3n) is 2.02. The molecule has 0 amide bonds. The van der Waals surface area contributed by atoms with Gasteiger partial charge in [0.15, 0.2) is 16.6 Å². The van der Waals surface area contributed by atoms with E-state index in [1.165, 1.54) is 0 Å². The molecule has 0 unspecified atom stereocenters. The normalized spacial score (nSPS) is 13.5. The number of rotatable bonds is 8. The lowest BCUT2D eigenvalue weighted by molar-refractivity contribution is 0.197. The molecule has 0 aliphatic heterocycles. The van der Waals surface area contributed by atoms with Crippen LogP contribution in [0.25, 0.3) is 0 Å². The Bertz CT molecular complexity index is 167. The summed E-state index contributed by atoms with van der Waals surface area (Å²) in [5.74, 6) is 0. The number of hydrogen-bond acceptors (Lipinski definition) is 3. The Morgan fingerprint density at radius 2 is 1.06 bits per heavy atom. The summed E-state index contributed by atoms with van der Waals surface area (Å²) in [6.07, 6.45) is 0. The molecule has 0 heterocycles. The second-order valence-corrected chi connectivity index (χ2v) is 15.3. The summed E-state index contributed by atoms with van der Waals surface area (Å²) in [5, 5.41) is 0. The molecule has 0 spiro atoms. The van der Waals surface area contributed by atoms with Crippen molar-refractivity contribution in [1.29, 1.82) is 0 Å². The molecule has 0 saturated carbocycles. The van der Waals surface area contributed by atoms with Crippen LogP contribution in [-0.4, -0.2) is 54.9 Å². The molecule has 0 aromatic heterocycles. The molecular formula is C11H29NO2Si2. The van der Waals surface area contributed by atoms with Crippen LogP contribution in [0.1, 0.15) is 0 Å². The molecular weight excluding hydrogens is 234 g/mol. The van der Waals surface area contributed by atoms with Crippen LogP contribution in [0, 0.1) is 0 Å². The van der Waals surface area contributed by atoms with E-state index in [9.17, 15) is 0 Å². The molecule has 0 fully saturated rings. The van der Waals surface area contributed by atoms with Crippen molar-refractivity contribution in [1.82, 2.24) is 4.90 Å². The molecule has 0 aliphatic rings. The van der Waals surface area contributed by atoms with Crippen LogP contribution >= 0.6 is 0 Å². The molecule has 16 heavy (non-hydrogen) atoms. The summed E-state index contributed by atoms with van der Waals surface area (Å²) in [5.41, 5.74) is 0. The average Bonchev–Trinajstić information content (AvgIpc) is 1.98. The minimum atomic E-state index is -1.34. The van der Waals surface area contributed by atoms with Gasteiger partial charge in [-0.3, -0.25) is 0 Å². The molecule has 0 saturated heterocycles. The smallest absolute Gasteiger partial charge is 0.183 e. The Hall–Kier alpha value is 0.314. The quantitative estimate of drug-likeness (QED) is 0.628. The van der Waals surface area contributed by atoms with E-state index in [0.29, 0.717) is 0 Å². The zero-order chi connectivity index (χ0) is 12.8. The summed E-state index contributed by atoms with van der Waals surface area (Å²) in [6, 6.07) is 0. The van der Waals surface area contributed by atoms with Gasteiger partial charge in [-0.1, -0.05) is 0 Å². The van der Waals surface area contributed by atoms with Crippen LogP contribution in [0.15, 0.2) is 0 Å². The van der Waals surface area contributed by atoms with Crippen molar-refractivity contribution in [2.24, 2.45) is 0 Å². The molecule has 3 nitrogen and oxygen atoms in total. The van der Waals surface area contributed by atoms with E-state index in [1.807, 2.05) is 0 Å². The largest absolute Gasteiger partial charge is 0.416 e. The summed E-state index contributed by atoms with van der Waals surface area (Å²) in [4.78, 5) is 2.28. The Morgan fingerprint density at radius 3 is 1.31 bits per heavy atom. The molecule has 0 N–H and O–H groups in total. The highest BCUT2D eigenvalue weighted by atomic mass is 28.4. The molecule has 0 radical (unpaired) electrons. The van der Waals surface area contributed by atoms with Crippen molar-refractivity contribution in [3.05, 3.63) is 0 Å². The third kappa shape index (κ3) is 12.4. The van der Waals surface area contributed by atoms with E-state index in [-0.39, 0.29) is 0 Å². The highest BCUT2D eigenvalue weighted by Gasteiger charge is 2.15. The maximum absolute atomic E-state index is 5.81. The van der Waals surface area contributed by atoms with Gasteiger partial charge in [0.05, 0.1) is 0 Å². The van der Waals surface area contributed by atoms with E-state index in [2.05, 4.69) is 51.2 Å². The van der Waals surface area contributed by atoms with Gasteiger partial charge >= 0.3 is 0 Å². The maximum Gasteiger partial charge on any atom is 0.183 e. The summed E-state index contributed by atoms with van der Waals surface area (Å²) >= 11 is 0. The molecule has 0 aromatic rings. The Kier molecular flexibility index (Phi) is 7.04. The minimum absolute atomic E-state index is 0.846. The fraction of sp³-hybridized carbons (Fsp3) is 1.00. The Morgan fingerprint density at radius 1 is 0.750 bits per heavy atom. The van der Waals surface area contributed by atoms with E-state index in [4.69, 9.17) is 8.85 Å². The maximum atomic E-state index is 5.81. The SMILES string of the molecule is CN(CCO[Si](C)(C)C)CCO[Si](C)(C)C. The first-order valence-corrected chi connectivity index (χ1v) is 12.9. The first-order valence-electron chi connectivity index (χ1n) is 6.07. The van der Waals surface area contributed by atoms with Crippen LogP contribution < -0.4 is 0 Å². The van der Waals surface area contributed by atoms with Gasteiger partial charge in [0.2, 0.25) is 0 Å². The van der Waals surface area contributed by atoms with Gasteiger partial charge in [-0.15, -0.1) is 0 Å². The Balaban J connectivity index is 3.49. The van der Waals surface area contributed by atoms with E-state index in [1.54, 1.807) is 0 Å². The number of likely N-dealkylation sites (N-methyl/N-ethyl adjacent to an activating group) is 1. The zero-order valence-electron chi connectivity index (χ0n) is 12.1. The van der Waals surface area contributed by atoms with Crippen molar-refractivity contribution in [2.45, 2.75) is 39.3 Å². The van der Waals surface area contributed by atoms with E-state index >= 15 is 0 Å². The van der Waals surface area contributed by atoms with Gasteiger partial charge in [0.25, 0.3) is 0 Å². The first-order chi connectivity index (χ1) is 7.10. The second-order valence-electron chi connectivity index (χ2n) is 6.22. The minimum Gasteiger partial charge on any atom is -0.416 e. The van der Waals surface area contributed by atoms with Crippen molar-refractivity contribution in [3.63, 3.8) is 0 Å². The van der Waals surface area contributed by atoms with Crippen molar-refractivity contribution in [3.8, 4) is 0 Å². The highest BCUT2D eigenvalue weighted by Crippen LogP contribution is 2.03. The molecule has 0 aliphatic carbocycles. The first kappa shape index (κ1) is 16.3. The molecule has 5 heteroatoms. The monoisotopic (exact) mass is 263 g/mol. The van der Waals surface area contributed by atoms with Gasteiger partial charge in [-0.2, -0.15) is 0 Å². The fourth-order valence-corrected chi connectivity index (χ4v) is 2.53. The van der Waals surface area contributed by atoms with Crippen LogP contribution in [0.3, 0.4) is 0 Å². The summed E-state index contributed by atoms with van der Waals surface area (Å²) in [7, 11) is -0.546. The average molecular weight is 264 g/mol. The molecule has 0 atom stereocenters.